The molecule has 292 valence electrons. The number of para-hydroxylation sites is 2. The van der Waals surface area contributed by atoms with Crippen molar-refractivity contribution < 1.29 is 0 Å². The molecule has 3 aromatic heterocycles. The Kier molecular flexibility index (Phi) is 8.49. The lowest BCUT2D eigenvalue weighted by Gasteiger charge is -2.28. The van der Waals surface area contributed by atoms with Gasteiger partial charge in [-0.25, -0.2) is 15.0 Å². The maximum Gasteiger partial charge on any atom is 0.238 e. The van der Waals surface area contributed by atoms with Gasteiger partial charge in [-0.1, -0.05) is 182 Å². The van der Waals surface area contributed by atoms with E-state index in [-0.39, 0.29) is 12.0 Å². The van der Waals surface area contributed by atoms with Gasteiger partial charge in [-0.05, 0) is 47.0 Å². The van der Waals surface area contributed by atoms with E-state index < -0.39 is 0 Å². The number of nitrogens with zero attached hydrogens (tertiary/aromatic N) is 7. The Hall–Kier alpha value is -8.29. The Labute approximate surface area is 358 Å². The summed E-state index contributed by atoms with van der Waals surface area (Å²) in [5.74, 6) is 2.61. The molecule has 7 aromatic carbocycles. The largest absolute Gasteiger partial charge is 0.302 e. The van der Waals surface area contributed by atoms with Gasteiger partial charge >= 0.3 is 0 Å². The number of aromatic nitrogens is 6. The number of rotatable bonds is 7. The summed E-state index contributed by atoms with van der Waals surface area (Å²) in [4.78, 5) is 28.0. The molecule has 1 aliphatic heterocycles. The Morgan fingerprint density at radius 3 is 1.60 bits per heavy atom. The molecule has 0 spiro atoms. The SMILES string of the molecule is C1=CC2C(C=C1c1ccc3c(c1)c1ccccc1n3-c1nc(-c3ccccc3)nc(-c3ccccc3)n1)c1ccccc1N2c1nc(-c2ccccc2)cc(-c2ccccc2)n1. The third-order valence-corrected chi connectivity index (χ3v) is 12.0. The van der Waals surface area contributed by atoms with E-state index in [4.69, 9.17) is 24.9 Å². The van der Waals surface area contributed by atoms with Gasteiger partial charge in [0.1, 0.15) is 0 Å². The van der Waals surface area contributed by atoms with Crippen LogP contribution in [0.4, 0.5) is 11.6 Å². The minimum Gasteiger partial charge on any atom is -0.302 e. The van der Waals surface area contributed by atoms with Gasteiger partial charge in [-0.3, -0.25) is 4.57 Å². The highest BCUT2D eigenvalue weighted by Gasteiger charge is 2.40. The molecule has 0 fully saturated rings. The van der Waals surface area contributed by atoms with E-state index in [0.717, 1.165) is 66.7 Å². The van der Waals surface area contributed by atoms with E-state index in [9.17, 15) is 0 Å². The second-order valence-corrected chi connectivity index (χ2v) is 15.7. The van der Waals surface area contributed by atoms with Crippen molar-refractivity contribution in [1.29, 1.82) is 0 Å². The van der Waals surface area contributed by atoms with Crippen LogP contribution in [0.15, 0.2) is 212 Å². The first-order valence-electron chi connectivity index (χ1n) is 20.9. The van der Waals surface area contributed by atoms with Crippen LogP contribution in [0.2, 0.25) is 0 Å². The minimum absolute atomic E-state index is 0.00194. The third-order valence-electron chi connectivity index (χ3n) is 12.0. The van der Waals surface area contributed by atoms with Crippen LogP contribution < -0.4 is 4.90 Å². The fourth-order valence-corrected chi connectivity index (χ4v) is 9.09. The van der Waals surface area contributed by atoms with Gasteiger partial charge in [0.25, 0.3) is 0 Å². The molecule has 0 amide bonds. The van der Waals surface area contributed by atoms with Gasteiger partial charge in [0, 0.05) is 44.6 Å². The first kappa shape index (κ1) is 35.6. The summed E-state index contributed by atoms with van der Waals surface area (Å²) in [5.41, 5.74) is 12.5. The van der Waals surface area contributed by atoms with Gasteiger partial charge in [-0.2, -0.15) is 9.97 Å². The first-order chi connectivity index (χ1) is 30.7. The first-order valence-corrected chi connectivity index (χ1v) is 20.9. The highest BCUT2D eigenvalue weighted by Crippen LogP contribution is 2.49. The number of benzene rings is 7. The van der Waals surface area contributed by atoms with E-state index in [0.29, 0.717) is 23.5 Å². The van der Waals surface area contributed by atoms with Crippen LogP contribution in [0.3, 0.4) is 0 Å². The normalized spacial score (nSPS) is 15.4. The van der Waals surface area contributed by atoms with Crippen molar-refractivity contribution in [1.82, 2.24) is 29.5 Å². The zero-order chi connectivity index (χ0) is 41.0. The summed E-state index contributed by atoms with van der Waals surface area (Å²) in [6, 6.07) is 67.0. The maximum absolute atomic E-state index is 5.26. The lowest BCUT2D eigenvalue weighted by atomic mass is 9.86. The highest BCUT2D eigenvalue weighted by molar-refractivity contribution is 6.10. The molecule has 2 atom stereocenters. The monoisotopic (exact) mass is 795 g/mol. The van der Waals surface area contributed by atoms with Crippen molar-refractivity contribution in [2.75, 3.05) is 4.90 Å². The number of hydrogen-bond acceptors (Lipinski definition) is 6. The molecular formula is C55H37N7. The quantitative estimate of drug-likeness (QED) is 0.160. The second-order valence-electron chi connectivity index (χ2n) is 15.7. The molecule has 2 unspecified atom stereocenters. The zero-order valence-electron chi connectivity index (χ0n) is 33.5. The van der Waals surface area contributed by atoms with Crippen molar-refractivity contribution in [2.24, 2.45) is 0 Å². The van der Waals surface area contributed by atoms with Crippen molar-refractivity contribution in [3.8, 4) is 51.2 Å². The molecule has 0 bridgehead atoms. The number of anilines is 2. The molecule has 12 rings (SSSR count). The molecule has 62 heavy (non-hydrogen) atoms. The molecule has 10 aromatic rings. The van der Waals surface area contributed by atoms with E-state index in [2.05, 4.69) is 149 Å². The number of allylic oxidation sites excluding steroid dienone is 2. The molecule has 0 N–H and O–H groups in total. The van der Waals surface area contributed by atoms with E-state index in [1.807, 2.05) is 72.8 Å². The highest BCUT2D eigenvalue weighted by atomic mass is 15.3. The summed E-state index contributed by atoms with van der Waals surface area (Å²) in [6.45, 7) is 0. The van der Waals surface area contributed by atoms with Crippen LogP contribution in [0.25, 0.3) is 78.6 Å². The lowest BCUT2D eigenvalue weighted by molar-refractivity contribution is 0.732. The van der Waals surface area contributed by atoms with Gasteiger partial charge in [0.05, 0.1) is 28.5 Å². The molecule has 7 heteroatoms. The molecule has 1 aliphatic carbocycles. The van der Waals surface area contributed by atoms with Crippen molar-refractivity contribution in [2.45, 2.75) is 12.0 Å². The van der Waals surface area contributed by atoms with Crippen LogP contribution in [0.1, 0.15) is 17.0 Å². The molecule has 4 heterocycles. The van der Waals surface area contributed by atoms with Crippen molar-refractivity contribution in [3.63, 3.8) is 0 Å². The third kappa shape index (κ3) is 6.09. The van der Waals surface area contributed by atoms with Crippen molar-refractivity contribution in [3.05, 3.63) is 223 Å². The lowest BCUT2D eigenvalue weighted by Crippen LogP contribution is -2.30. The summed E-state index contributed by atoms with van der Waals surface area (Å²) in [5, 5.41) is 2.26. The van der Waals surface area contributed by atoms with Gasteiger partial charge in [-0.15, -0.1) is 0 Å². The summed E-state index contributed by atoms with van der Waals surface area (Å²) < 4.78 is 2.18. The molecule has 7 nitrogen and oxygen atoms in total. The van der Waals surface area contributed by atoms with E-state index >= 15 is 0 Å². The zero-order valence-corrected chi connectivity index (χ0v) is 33.5. The maximum atomic E-state index is 5.26. The Bertz CT molecular complexity index is 3240. The smallest absolute Gasteiger partial charge is 0.238 e. The summed E-state index contributed by atoms with van der Waals surface area (Å²) >= 11 is 0. The van der Waals surface area contributed by atoms with Crippen molar-refractivity contribution >= 4 is 39.0 Å². The van der Waals surface area contributed by atoms with Crippen LogP contribution >= 0.6 is 0 Å². The van der Waals surface area contributed by atoms with Gasteiger partial charge in [0.15, 0.2) is 11.6 Å². The van der Waals surface area contributed by atoms with Gasteiger partial charge in [0.2, 0.25) is 11.9 Å². The minimum atomic E-state index is -0.00194. The summed E-state index contributed by atoms with van der Waals surface area (Å²) in [7, 11) is 0. The molecule has 0 radical (unpaired) electrons. The van der Waals surface area contributed by atoms with Crippen LogP contribution in [0.5, 0.6) is 0 Å². The second kappa shape index (κ2) is 14.8. The van der Waals surface area contributed by atoms with E-state index in [1.54, 1.807) is 0 Å². The van der Waals surface area contributed by atoms with Crippen LogP contribution in [-0.4, -0.2) is 35.5 Å². The molecule has 0 saturated heterocycles. The number of hydrogen-bond donors (Lipinski definition) is 0. The Morgan fingerprint density at radius 2 is 0.952 bits per heavy atom. The molecule has 2 aliphatic rings. The summed E-state index contributed by atoms with van der Waals surface area (Å²) in [6.07, 6.45) is 7.02. The topological polar surface area (TPSA) is 72.6 Å². The van der Waals surface area contributed by atoms with E-state index in [1.165, 1.54) is 11.1 Å². The average molecular weight is 796 g/mol. The standard InChI is InChI=1S/C55H37N7/c1-5-17-36(18-6-1)46-35-47(37-19-7-2-8-20-37)57-54(56-46)61-48-27-15-13-25-42(48)44-33-40(29-31-50(44)61)41-30-32-51-45(34-41)43-26-14-16-28-49(43)62(51)55-59-52(38-21-9-3-10-22-38)58-53(60-55)39-23-11-4-12-24-39/h1-35,44,50H. The fourth-order valence-electron chi connectivity index (χ4n) is 9.09. The molecule has 0 saturated carbocycles. The molecular weight excluding hydrogens is 759 g/mol. The Morgan fingerprint density at radius 1 is 0.403 bits per heavy atom. The predicted octanol–water partition coefficient (Wildman–Crippen LogP) is 12.7. The Balaban J connectivity index is 0.964. The predicted molar refractivity (Wildman–Crippen MR) is 250 cm³/mol. The number of fused-ring (bicyclic) bond motifs is 6. The average Bonchev–Trinajstić information content (AvgIpc) is 3.87. The van der Waals surface area contributed by atoms with Crippen LogP contribution in [0, 0.1) is 0 Å². The fraction of sp³-hybridized carbons (Fsp3) is 0.0364. The van der Waals surface area contributed by atoms with Crippen LogP contribution in [-0.2, 0) is 0 Å². The van der Waals surface area contributed by atoms with Gasteiger partial charge < -0.3 is 4.90 Å².